The molecule has 1 fully saturated rings. The number of carbonyl (C=O) groups excluding carboxylic acids is 1. The summed E-state index contributed by atoms with van der Waals surface area (Å²) in [5.74, 6) is 0.876. The number of benzene rings is 2. The molecule has 0 bridgehead atoms. The Bertz CT molecular complexity index is 931. The van der Waals surface area contributed by atoms with Gasteiger partial charge in [0.05, 0.1) is 18.6 Å². The van der Waals surface area contributed by atoms with Crippen molar-refractivity contribution >= 4 is 15.7 Å². The zero-order valence-corrected chi connectivity index (χ0v) is 17.7. The molecule has 1 aliphatic rings. The smallest absolute Gasteiger partial charge is 0.241 e. The fourth-order valence-corrected chi connectivity index (χ4v) is 4.90. The summed E-state index contributed by atoms with van der Waals surface area (Å²) in [7, 11) is -1.37. The molecular weight excluding hydrogens is 388 g/mol. The Balaban J connectivity index is 1.70. The lowest BCUT2D eigenvalue weighted by molar-refractivity contribution is -0.126. The Labute approximate surface area is 172 Å². The number of methoxy groups -OCH3 is 1. The number of ether oxygens (including phenoxy) is 1. The first-order valence-corrected chi connectivity index (χ1v) is 11.6. The average molecular weight is 417 g/mol. The molecule has 1 N–H and O–H groups in total. The van der Waals surface area contributed by atoms with Gasteiger partial charge in [0.15, 0.2) is 9.84 Å². The summed E-state index contributed by atoms with van der Waals surface area (Å²) in [5, 5.41) is 3.03. The van der Waals surface area contributed by atoms with E-state index in [1.165, 1.54) is 0 Å². The van der Waals surface area contributed by atoms with Gasteiger partial charge in [-0.2, -0.15) is 0 Å². The molecule has 1 amide bonds. The first-order valence-electron chi connectivity index (χ1n) is 9.80. The predicted octanol–water partition coefficient (Wildman–Crippen LogP) is 2.13. The molecule has 1 saturated heterocycles. The maximum absolute atomic E-state index is 13.1. The van der Waals surface area contributed by atoms with Crippen LogP contribution in [-0.4, -0.2) is 57.5 Å². The Kier molecular flexibility index (Phi) is 6.92. The van der Waals surface area contributed by atoms with E-state index in [2.05, 4.69) is 11.4 Å². The van der Waals surface area contributed by atoms with Gasteiger partial charge in [-0.15, -0.1) is 0 Å². The number of rotatable bonds is 7. The minimum atomic E-state index is -3.01. The number of nitrogens with zero attached hydrogens (tertiary/aromatic N) is 1. The standard InChI is InChI=1S/C22H28N2O4S/c1-17-8-9-20(28-2)19(16-17)10-11-23-22(25)21(18-6-4-3-5-7-18)24-12-14-29(26,27)15-13-24/h3-9,16,21H,10-15H2,1-2H3,(H,23,25). The predicted molar refractivity (Wildman–Crippen MR) is 114 cm³/mol. The molecule has 0 saturated carbocycles. The third kappa shape index (κ3) is 5.58. The molecule has 0 spiro atoms. The molecule has 1 aliphatic heterocycles. The molecule has 0 radical (unpaired) electrons. The van der Waals surface area contributed by atoms with Crippen molar-refractivity contribution in [1.29, 1.82) is 0 Å². The Hall–Kier alpha value is -2.38. The highest BCUT2D eigenvalue weighted by Crippen LogP contribution is 2.24. The van der Waals surface area contributed by atoms with Gasteiger partial charge in [0.2, 0.25) is 5.91 Å². The first-order chi connectivity index (χ1) is 13.9. The lowest BCUT2D eigenvalue weighted by Crippen LogP contribution is -2.47. The van der Waals surface area contributed by atoms with Gasteiger partial charge < -0.3 is 10.1 Å². The van der Waals surface area contributed by atoms with E-state index in [1.807, 2.05) is 54.3 Å². The van der Waals surface area contributed by atoms with E-state index in [0.29, 0.717) is 26.1 Å². The monoisotopic (exact) mass is 416 g/mol. The van der Waals surface area contributed by atoms with E-state index in [-0.39, 0.29) is 17.4 Å². The largest absolute Gasteiger partial charge is 0.496 e. The van der Waals surface area contributed by atoms with E-state index >= 15 is 0 Å². The van der Waals surface area contributed by atoms with Crippen LogP contribution >= 0.6 is 0 Å². The number of hydrogen-bond acceptors (Lipinski definition) is 5. The second-order valence-electron chi connectivity index (χ2n) is 7.36. The Morgan fingerprint density at radius 2 is 1.83 bits per heavy atom. The van der Waals surface area contributed by atoms with Crippen LogP contribution in [0.5, 0.6) is 5.75 Å². The highest BCUT2D eigenvalue weighted by molar-refractivity contribution is 7.91. The van der Waals surface area contributed by atoms with Crippen LogP contribution in [0.4, 0.5) is 0 Å². The molecule has 1 atom stereocenters. The van der Waals surface area contributed by atoms with Crippen LogP contribution in [0.3, 0.4) is 0 Å². The molecule has 3 rings (SSSR count). The molecule has 6 nitrogen and oxygen atoms in total. The Morgan fingerprint density at radius 3 is 2.48 bits per heavy atom. The van der Waals surface area contributed by atoms with Crippen LogP contribution in [-0.2, 0) is 21.1 Å². The van der Waals surface area contributed by atoms with Crippen LogP contribution in [0.25, 0.3) is 0 Å². The second kappa shape index (κ2) is 9.41. The van der Waals surface area contributed by atoms with Crippen LogP contribution in [0.1, 0.15) is 22.7 Å². The third-order valence-corrected chi connectivity index (χ3v) is 6.85. The fraction of sp³-hybridized carbons (Fsp3) is 0.409. The van der Waals surface area contributed by atoms with Gasteiger partial charge in [-0.05, 0) is 30.5 Å². The van der Waals surface area contributed by atoms with Crippen molar-refractivity contribution in [3.63, 3.8) is 0 Å². The van der Waals surface area contributed by atoms with Crippen LogP contribution < -0.4 is 10.1 Å². The summed E-state index contributed by atoms with van der Waals surface area (Å²) in [4.78, 5) is 15.0. The fourth-order valence-electron chi connectivity index (χ4n) is 3.67. The minimum absolute atomic E-state index is 0.0874. The lowest BCUT2D eigenvalue weighted by atomic mass is 10.0. The van der Waals surface area contributed by atoms with Crippen molar-refractivity contribution in [3.05, 3.63) is 65.2 Å². The van der Waals surface area contributed by atoms with Gasteiger partial charge in [-0.3, -0.25) is 9.69 Å². The molecular formula is C22H28N2O4S. The maximum Gasteiger partial charge on any atom is 0.241 e. The number of sulfone groups is 1. The zero-order chi connectivity index (χ0) is 20.9. The molecule has 0 aliphatic carbocycles. The number of aryl methyl sites for hydroxylation is 1. The van der Waals surface area contributed by atoms with Crippen LogP contribution in [0.15, 0.2) is 48.5 Å². The van der Waals surface area contributed by atoms with Crippen molar-refractivity contribution in [2.24, 2.45) is 0 Å². The SMILES string of the molecule is COc1ccc(C)cc1CCNC(=O)C(c1ccccc1)N1CCS(=O)(=O)CC1. The number of nitrogens with one attached hydrogen (secondary N) is 1. The highest BCUT2D eigenvalue weighted by atomic mass is 32.2. The topological polar surface area (TPSA) is 75.7 Å². The van der Waals surface area contributed by atoms with E-state index in [4.69, 9.17) is 4.74 Å². The third-order valence-electron chi connectivity index (χ3n) is 5.24. The quantitative estimate of drug-likeness (QED) is 0.748. The van der Waals surface area contributed by atoms with Gasteiger partial charge in [-0.25, -0.2) is 8.42 Å². The van der Waals surface area contributed by atoms with Gasteiger partial charge in [0.25, 0.3) is 0 Å². The van der Waals surface area contributed by atoms with Crippen LogP contribution in [0, 0.1) is 6.92 Å². The molecule has 1 unspecified atom stereocenters. The highest BCUT2D eigenvalue weighted by Gasteiger charge is 2.32. The van der Waals surface area contributed by atoms with Gasteiger partial charge in [-0.1, -0.05) is 48.0 Å². The maximum atomic E-state index is 13.1. The summed E-state index contributed by atoms with van der Waals surface area (Å²) in [6.07, 6.45) is 0.659. The summed E-state index contributed by atoms with van der Waals surface area (Å²) in [6, 6.07) is 15.0. The van der Waals surface area contributed by atoms with Gasteiger partial charge >= 0.3 is 0 Å². The average Bonchev–Trinajstić information content (AvgIpc) is 2.70. The number of hydrogen-bond donors (Lipinski definition) is 1. The molecule has 2 aromatic carbocycles. The van der Waals surface area contributed by atoms with Crippen molar-refractivity contribution < 1.29 is 17.9 Å². The summed E-state index contributed by atoms with van der Waals surface area (Å²) in [6.45, 7) is 3.23. The van der Waals surface area contributed by atoms with E-state index < -0.39 is 15.9 Å². The van der Waals surface area contributed by atoms with E-state index in [0.717, 1.165) is 22.4 Å². The van der Waals surface area contributed by atoms with Crippen molar-refractivity contribution in [2.75, 3.05) is 38.2 Å². The van der Waals surface area contributed by atoms with E-state index in [1.54, 1.807) is 7.11 Å². The number of carbonyl (C=O) groups is 1. The van der Waals surface area contributed by atoms with Crippen molar-refractivity contribution in [3.8, 4) is 5.75 Å². The first kappa shape index (κ1) is 21.3. The normalized spacial score (nSPS) is 17.4. The molecule has 7 heteroatoms. The summed E-state index contributed by atoms with van der Waals surface area (Å²) < 4.78 is 29.0. The summed E-state index contributed by atoms with van der Waals surface area (Å²) in [5.41, 5.74) is 3.06. The van der Waals surface area contributed by atoms with E-state index in [9.17, 15) is 13.2 Å². The minimum Gasteiger partial charge on any atom is -0.496 e. The van der Waals surface area contributed by atoms with Gasteiger partial charge in [0, 0.05) is 19.6 Å². The van der Waals surface area contributed by atoms with Gasteiger partial charge in [0.1, 0.15) is 11.8 Å². The molecule has 0 aromatic heterocycles. The summed E-state index contributed by atoms with van der Waals surface area (Å²) >= 11 is 0. The molecule has 29 heavy (non-hydrogen) atoms. The number of amides is 1. The zero-order valence-electron chi connectivity index (χ0n) is 16.9. The van der Waals surface area contributed by atoms with Crippen molar-refractivity contribution in [2.45, 2.75) is 19.4 Å². The molecule has 156 valence electrons. The Morgan fingerprint density at radius 1 is 1.14 bits per heavy atom. The molecule has 1 heterocycles. The van der Waals surface area contributed by atoms with Crippen LogP contribution in [0.2, 0.25) is 0 Å². The second-order valence-corrected chi connectivity index (χ2v) is 9.66. The molecule has 2 aromatic rings. The van der Waals surface area contributed by atoms with Crippen molar-refractivity contribution in [1.82, 2.24) is 10.2 Å². The lowest BCUT2D eigenvalue weighted by Gasteiger charge is -2.33.